The van der Waals surface area contributed by atoms with E-state index in [0.717, 1.165) is 10.9 Å². The molecule has 0 spiro atoms. The van der Waals surface area contributed by atoms with E-state index in [9.17, 15) is 4.79 Å². The van der Waals surface area contributed by atoms with Gasteiger partial charge in [-0.2, -0.15) is 5.10 Å². The van der Waals surface area contributed by atoms with Gasteiger partial charge in [-0.15, -0.1) is 0 Å². The molecule has 5 heteroatoms. The van der Waals surface area contributed by atoms with Crippen LogP contribution in [0.1, 0.15) is 16.1 Å². The molecule has 1 amide bonds. The largest absolute Gasteiger partial charge is 0.463 e. The van der Waals surface area contributed by atoms with Gasteiger partial charge in [0.2, 0.25) is 0 Å². The van der Waals surface area contributed by atoms with Gasteiger partial charge in [0.15, 0.2) is 0 Å². The number of H-pyrrole nitrogens is 1. The maximum Gasteiger partial charge on any atom is 0.273 e. The summed E-state index contributed by atoms with van der Waals surface area (Å²) in [5, 5.41) is 4.71. The number of fused-ring (bicyclic) bond motifs is 1. The van der Waals surface area contributed by atoms with Crippen molar-refractivity contribution in [2.75, 3.05) is 0 Å². The van der Waals surface area contributed by atoms with Crippen LogP contribution in [0, 0.1) is 0 Å². The van der Waals surface area contributed by atoms with Gasteiger partial charge in [0.05, 0.1) is 18.0 Å². The maximum absolute atomic E-state index is 12.0. The number of para-hydroxylation sites is 1. The first-order valence-electron chi connectivity index (χ1n) is 5.77. The molecule has 0 bridgehead atoms. The zero-order valence-electron chi connectivity index (χ0n) is 9.96. The van der Waals surface area contributed by atoms with E-state index in [0.29, 0.717) is 11.3 Å². The zero-order chi connectivity index (χ0) is 13.1. The average Bonchev–Trinajstić information content (AvgIpc) is 3.07. The highest BCUT2D eigenvalue weighted by atomic mass is 16.3. The van der Waals surface area contributed by atoms with Crippen LogP contribution in [0.25, 0.3) is 10.9 Å². The van der Waals surface area contributed by atoms with Crippen molar-refractivity contribution in [1.29, 1.82) is 0 Å². The number of carbonyl (C=O) groups excluding carboxylic acids is 1. The Morgan fingerprint density at radius 2 is 2.16 bits per heavy atom. The monoisotopic (exact) mass is 253 g/mol. The fraction of sp³-hybridized carbons (Fsp3) is 0. The number of benzene rings is 1. The molecule has 3 rings (SSSR count). The predicted octanol–water partition coefficient (Wildman–Crippen LogP) is 2.52. The number of aromatic nitrogens is 1. The molecule has 0 atom stereocenters. The summed E-state index contributed by atoms with van der Waals surface area (Å²) in [5.74, 6) is 0.319. The lowest BCUT2D eigenvalue weighted by atomic mass is 10.2. The van der Waals surface area contributed by atoms with E-state index in [1.807, 2.05) is 24.3 Å². The Balaban J connectivity index is 1.77. The van der Waals surface area contributed by atoms with Gasteiger partial charge in [-0.25, -0.2) is 5.43 Å². The summed E-state index contributed by atoms with van der Waals surface area (Å²) in [4.78, 5) is 15.0. The first-order valence-corrected chi connectivity index (χ1v) is 5.77. The number of rotatable bonds is 3. The molecule has 0 saturated heterocycles. The van der Waals surface area contributed by atoms with Crippen LogP contribution >= 0.6 is 0 Å². The van der Waals surface area contributed by atoms with Crippen LogP contribution in [0.4, 0.5) is 0 Å². The molecule has 0 saturated carbocycles. The van der Waals surface area contributed by atoms with Crippen molar-refractivity contribution in [2.45, 2.75) is 0 Å². The molecular formula is C14H11N3O2. The first-order chi connectivity index (χ1) is 9.34. The Kier molecular flexibility index (Phi) is 2.86. The third-order valence-electron chi connectivity index (χ3n) is 2.73. The molecule has 5 nitrogen and oxygen atoms in total. The molecule has 0 aliphatic heterocycles. The van der Waals surface area contributed by atoms with Gasteiger partial charge in [-0.1, -0.05) is 18.2 Å². The quantitative estimate of drug-likeness (QED) is 0.556. The van der Waals surface area contributed by atoms with Gasteiger partial charge in [0, 0.05) is 17.1 Å². The van der Waals surface area contributed by atoms with Crippen LogP contribution in [0.2, 0.25) is 0 Å². The highest BCUT2D eigenvalue weighted by molar-refractivity contribution is 6.06. The van der Waals surface area contributed by atoms with E-state index in [1.165, 1.54) is 6.21 Å². The number of nitrogens with zero attached hydrogens (tertiary/aromatic N) is 1. The van der Waals surface area contributed by atoms with E-state index in [-0.39, 0.29) is 5.91 Å². The second kappa shape index (κ2) is 4.81. The molecule has 3 aromatic rings. The Morgan fingerprint density at radius 1 is 1.26 bits per heavy atom. The molecular weight excluding hydrogens is 242 g/mol. The van der Waals surface area contributed by atoms with Crippen molar-refractivity contribution in [2.24, 2.45) is 5.10 Å². The Bertz CT molecular complexity index is 726. The number of carbonyl (C=O) groups is 1. The summed E-state index contributed by atoms with van der Waals surface area (Å²) in [6.45, 7) is 0. The predicted molar refractivity (Wildman–Crippen MR) is 72.1 cm³/mol. The van der Waals surface area contributed by atoms with E-state index in [4.69, 9.17) is 4.42 Å². The summed E-state index contributed by atoms with van der Waals surface area (Å²) in [7, 11) is 0. The summed E-state index contributed by atoms with van der Waals surface area (Å²) >= 11 is 0. The molecule has 2 aromatic heterocycles. The second-order valence-corrected chi connectivity index (χ2v) is 3.96. The Morgan fingerprint density at radius 3 is 3.00 bits per heavy atom. The highest BCUT2D eigenvalue weighted by Gasteiger charge is 2.10. The first kappa shape index (κ1) is 11.3. The molecule has 0 aliphatic rings. The lowest BCUT2D eigenvalue weighted by Crippen LogP contribution is -2.17. The maximum atomic E-state index is 12.0. The molecule has 1 aromatic carbocycles. The minimum atomic E-state index is -0.264. The molecule has 19 heavy (non-hydrogen) atoms. The molecule has 0 unspecified atom stereocenters. The van der Waals surface area contributed by atoms with Gasteiger partial charge in [0.25, 0.3) is 5.91 Å². The number of furan rings is 1. The highest BCUT2D eigenvalue weighted by Crippen LogP contribution is 2.17. The molecule has 0 fully saturated rings. The topological polar surface area (TPSA) is 70.4 Å². The summed E-state index contributed by atoms with van der Waals surface area (Å²) in [6.07, 6.45) is 4.66. The fourth-order valence-electron chi connectivity index (χ4n) is 1.84. The number of hydrogen-bond acceptors (Lipinski definition) is 3. The fourth-order valence-corrected chi connectivity index (χ4v) is 1.84. The third kappa shape index (κ3) is 2.26. The van der Waals surface area contributed by atoms with Crippen LogP contribution in [0.15, 0.2) is 58.4 Å². The third-order valence-corrected chi connectivity index (χ3v) is 2.73. The standard InChI is InChI=1S/C14H11N3O2/c18-14(17-16-8-10-4-3-7-19-10)12-9-15-13-6-2-1-5-11(12)13/h1-9,15H,(H,17,18). The Hall–Kier alpha value is -2.82. The number of nitrogens with one attached hydrogen (secondary N) is 2. The molecule has 0 aliphatic carbocycles. The van der Waals surface area contributed by atoms with Gasteiger partial charge in [-0.05, 0) is 18.2 Å². The lowest BCUT2D eigenvalue weighted by molar-refractivity contribution is 0.0957. The van der Waals surface area contributed by atoms with E-state index < -0.39 is 0 Å². The van der Waals surface area contributed by atoms with Crippen molar-refractivity contribution >= 4 is 23.0 Å². The van der Waals surface area contributed by atoms with Crippen molar-refractivity contribution in [3.8, 4) is 0 Å². The summed E-state index contributed by atoms with van der Waals surface area (Å²) < 4.78 is 5.07. The minimum absolute atomic E-state index is 0.264. The smallest absolute Gasteiger partial charge is 0.273 e. The van der Waals surface area contributed by atoms with Crippen LogP contribution in [-0.4, -0.2) is 17.1 Å². The normalized spacial score (nSPS) is 11.2. The van der Waals surface area contributed by atoms with Crippen molar-refractivity contribution in [3.63, 3.8) is 0 Å². The van der Waals surface area contributed by atoms with Crippen molar-refractivity contribution in [1.82, 2.24) is 10.4 Å². The van der Waals surface area contributed by atoms with Crippen molar-refractivity contribution < 1.29 is 9.21 Å². The van der Waals surface area contributed by atoms with Crippen molar-refractivity contribution in [3.05, 3.63) is 60.2 Å². The van der Waals surface area contributed by atoms with E-state index in [1.54, 1.807) is 24.6 Å². The average molecular weight is 253 g/mol. The van der Waals surface area contributed by atoms with Gasteiger partial charge < -0.3 is 9.40 Å². The minimum Gasteiger partial charge on any atom is -0.463 e. The summed E-state index contributed by atoms with van der Waals surface area (Å²) in [5.41, 5.74) is 3.95. The van der Waals surface area contributed by atoms with Crippen LogP contribution in [0.5, 0.6) is 0 Å². The molecule has 2 N–H and O–H groups in total. The van der Waals surface area contributed by atoms with Gasteiger partial charge >= 0.3 is 0 Å². The van der Waals surface area contributed by atoms with Crippen LogP contribution < -0.4 is 5.43 Å². The zero-order valence-corrected chi connectivity index (χ0v) is 9.96. The second-order valence-electron chi connectivity index (χ2n) is 3.96. The van der Waals surface area contributed by atoms with Crippen LogP contribution in [-0.2, 0) is 0 Å². The molecule has 94 valence electrons. The lowest BCUT2D eigenvalue weighted by Gasteiger charge is -1.97. The Labute approximate surface area is 108 Å². The number of amides is 1. The van der Waals surface area contributed by atoms with Gasteiger partial charge in [0.1, 0.15) is 5.76 Å². The number of hydrazone groups is 1. The van der Waals surface area contributed by atoms with Gasteiger partial charge in [-0.3, -0.25) is 4.79 Å². The summed E-state index contributed by atoms with van der Waals surface area (Å²) in [6, 6.07) is 11.1. The molecule has 0 radical (unpaired) electrons. The van der Waals surface area contributed by atoms with Crippen LogP contribution in [0.3, 0.4) is 0 Å². The van der Waals surface area contributed by atoms with E-state index >= 15 is 0 Å². The number of hydrogen-bond donors (Lipinski definition) is 2. The molecule has 2 heterocycles. The SMILES string of the molecule is O=C(NN=Cc1ccco1)c1c[nH]c2ccccc12. The number of aromatic amines is 1. The van der Waals surface area contributed by atoms with E-state index in [2.05, 4.69) is 15.5 Å².